The average Bonchev–Trinajstić information content (AvgIpc) is 2.86. The van der Waals surface area contributed by atoms with Crippen LogP contribution in [-0.2, 0) is 9.59 Å². The molecular formula is C14H24N2O2S. The van der Waals surface area contributed by atoms with Crippen molar-refractivity contribution in [1.29, 1.82) is 0 Å². The molecule has 19 heavy (non-hydrogen) atoms. The summed E-state index contributed by atoms with van der Waals surface area (Å²) in [7, 11) is 0. The van der Waals surface area contributed by atoms with Crippen molar-refractivity contribution in [2.75, 3.05) is 24.7 Å². The standard InChI is InChI=1S/C14H24N2O2S/c1-10(2)13(17)16-9-19-8-12(16)14(18)15-6-4-11(3)5-7-15/h10-12H,4-9H2,1-3H3. The number of carbonyl (C=O) groups excluding carboxylic acids is 2. The van der Waals surface area contributed by atoms with Gasteiger partial charge in [-0.15, -0.1) is 11.8 Å². The number of carbonyl (C=O) groups is 2. The van der Waals surface area contributed by atoms with Crippen LogP contribution in [0.25, 0.3) is 0 Å². The van der Waals surface area contributed by atoms with Crippen LogP contribution in [0.1, 0.15) is 33.6 Å². The highest BCUT2D eigenvalue weighted by atomic mass is 32.2. The number of piperidine rings is 1. The summed E-state index contributed by atoms with van der Waals surface area (Å²) in [5.74, 6) is 2.37. The third-order valence-corrected chi connectivity index (χ3v) is 5.05. The fourth-order valence-electron chi connectivity index (χ4n) is 2.64. The number of hydrogen-bond acceptors (Lipinski definition) is 3. The van der Waals surface area contributed by atoms with Gasteiger partial charge in [0.05, 0.1) is 5.88 Å². The summed E-state index contributed by atoms with van der Waals surface area (Å²) in [4.78, 5) is 28.4. The average molecular weight is 284 g/mol. The van der Waals surface area contributed by atoms with Gasteiger partial charge in [0, 0.05) is 24.8 Å². The topological polar surface area (TPSA) is 40.6 Å². The zero-order valence-corrected chi connectivity index (χ0v) is 12.9. The SMILES string of the molecule is CC1CCN(C(=O)C2CSCN2C(=O)C(C)C)CC1. The van der Waals surface area contributed by atoms with E-state index in [0.29, 0.717) is 5.88 Å². The molecule has 0 aromatic carbocycles. The van der Waals surface area contributed by atoms with E-state index in [1.165, 1.54) is 0 Å². The molecule has 5 heteroatoms. The molecule has 0 aromatic rings. The number of hydrogen-bond donors (Lipinski definition) is 0. The van der Waals surface area contributed by atoms with Gasteiger partial charge in [-0.1, -0.05) is 20.8 Å². The first kappa shape index (κ1) is 14.7. The van der Waals surface area contributed by atoms with Crippen LogP contribution in [0.2, 0.25) is 0 Å². The lowest BCUT2D eigenvalue weighted by molar-refractivity contribution is -0.145. The largest absolute Gasteiger partial charge is 0.341 e. The maximum Gasteiger partial charge on any atom is 0.246 e. The summed E-state index contributed by atoms with van der Waals surface area (Å²) in [6, 6.07) is -0.228. The molecule has 0 aliphatic carbocycles. The first-order valence-corrected chi connectivity index (χ1v) is 8.33. The Kier molecular flexibility index (Phi) is 4.76. The third kappa shape index (κ3) is 3.25. The summed E-state index contributed by atoms with van der Waals surface area (Å²) < 4.78 is 0. The minimum absolute atomic E-state index is 0.0321. The molecule has 0 bridgehead atoms. The highest BCUT2D eigenvalue weighted by molar-refractivity contribution is 7.99. The summed E-state index contributed by atoms with van der Waals surface area (Å²) in [6.07, 6.45) is 2.17. The molecule has 0 saturated carbocycles. The van der Waals surface area contributed by atoms with Gasteiger partial charge in [0.1, 0.15) is 6.04 Å². The fraction of sp³-hybridized carbons (Fsp3) is 0.857. The molecule has 0 aromatic heterocycles. The molecule has 1 unspecified atom stereocenters. The molecule has 0 spiro atoms. The van der Waals surface area contributed by atoms with Crippen LogP contribution in [0.15, 0.2) is 0 Å². The maximum atomic E-state index is 12.6. The lowest BCUT2D eigenvalue weighted by Gasteiger charge is -2.34. The van der Waals surface area contributed by atoms with Crippen molar-refractivity contribution >= 4 is 23.6 Å². The lowest BCUT2D eigenvalue weighted by atomic mass is 9.98. The van der Waals surface area contributed by atoms with Gasteiger partial charge in [-0.2, -0.15) is 0 Å². The van der Waals surface area contributed by atoms with Crippen LogP contribution in [0.4, 0.5) is 0 Å². The predicted molar refractivity (Wildman–Crippen MR) is 77.8 cm³/mol. The summed E-state index contributed by atoms with van der Waals surface area (Å²) in [5.41, 5.74) is 0. The van der Waals surface area contributed by atoms with Crippen molar-refractivity contribution in [3.8, 4) is 0 Å². The molecule has 108 valence electrons. The lowest BCUT2D eigenvalue weighted by Crippen LogP contribution is -2.51. The molecule has 2 aliphatic rings. The van der Waals surface area contributed by atoms with E-state index in [1.54, 1.807) is 16.7 Å². The maximum absolute atomic E-state index is 12.6. The van der Waals surface area contributed by atoms with Gasteiger partial charge < -0.3 is 9.80 Å². The van der Waals surface area contributed by atoms with Gasteiger partial charge in [-0.25, -0.2) is 0 Å². The number of thioether (sulfide) groups is 1. The highest BCUT2D eigenvalue weighted by Crippen LogP contribution is 2.26. The monoisotopic (exact) mass is 284 g/mol. The first-order chi connectivity index (χ1) is 9.00. The molecule has 4 nitrogen and oxygen atoms in total. The van der Waals surface area contributed by atoms with E-state index < -0.39 is 0 Å². The van der Waals surface area contributed by atoms with Gasteiger partial charge >= 0.3 is 0 Å². The van der Waals surface area contributed by atoms with Crippen LogP contribution in [0, 0.1) is 11.8 Å². The summed E-state index contributed by atoms with van der Waals surface area (Å²) >= 11 is 1.69. The molecule has 2 fully saturated rings. The molecule has 2 saturated heterocycles. The Morgan fingerprint density at radius 2 is 1.84 bits per heavy atom. The zero-order valence-electron chi connectivity index (χ0n) is 12.1. The Hall–Kier alpha value is -0.710. The van der Waals surface area contributed by atoms with E-state index in [2.05, 4.69) is 6.92 Å². The highest BCUT2D eigenvalue weighted by Gasteiger charge is 2.38. The Morgan fingerprint density at radius 1 is 1.21 bits per heavy atom. The minimum atomic E-state index is -0.228. The van der Waals surface area contributed by atoms with E-state index >= 15 is 0 Å². The molecule has 2 rings (SSSR count). The molecule has 2 amide bonds. The van der Waals surface area contributed by atoms with Crippen molar-refractivity contribution in [1.82, 2.24) is 9.80 Å². The van der Waals surface area contributed by atoms with E-state index in [9.17, 15) is 9.59 Å². The molecule has 0 N–H and O–H groups in total. The zero-order chi connectivity index (χ0) is 14.0. The number of nitrogens with zero attached hydrogens (tertiary/aromatic N) is 2. The van der Waals surface area contributed by atoms with Gasteiger partial charge in [0.15, 0.2) is 0 Å². The number of rotatable bonds is 2. The van der Waals surface area contributed by atoms with Crippen LogP contribution >= 0.6 is 11.8 Å². The van der Waals surface area contributed by atoms with Gasteiger partial charge in [0.2, 0.25) is 11.8 Å². The summed E-state index contributed by atoms with van der Waals surface area (Å²) in [6.45, 7) is 7.74. The second kappa shape index (κ2) is 6.16. The molecule has 1 atom stereocenters. The van der Waals surface area contributed by atoms with Crippen LogP contribution in [0.5, 0.6) is 0 Å². The van der Waals surface area contributed by atoms with Crippen LogP contribution in [-0.4, -0.2) is 52.4 Å². The van der Waals surface area contributed by atoms with E-state index in [4.69, 9.17) is 0 Å². The second-order valence-corrected chi connectivity index (χ2v) is 6.99. The van der Waals surface area contributed by atoms with Crippen molar-refractivity contribution in [3.05, 3.63) is 0 Å². The first-order valence-electron chi connectivity index (χ1n) is 7.17. The molecule has 2 aliphatic heterocycles. The van der Waals surface area contributed by atoms with E-state index in [0.717, 1.165) is 37.6 Å². The quantitative estimate of drug-likeness (QED) is 0.776. The predicted octanol–water partition coefficient (Wildman–Crippen LogP) is 1.80. The van der Waals surface area contributed by atoms with Crippen molar-refractivity contribution in [3.63, 3.8) is 0 Å². The Morgan fingerprint density at radius 3 is 2.42 bits per heavy atom. The van der Waals surface area contributed by atoms with Gasteiger partial charge in [0.25, 0.3) is 0 Å². The van der Waals surface area contributed by atoms with Crippen molar-refractivity contribution in [2.45, 2.75) is 39.7 Å². The Bertz CT molecular complexity index is 351. The van der Waals surface area contributed by atoms with Crippen LogP contribution < -0.4 is 0 Å². The smallest absolute Gasteiger partial charge is 0.246 e. The van der Waals surface area contributed by atoms with E-state index in [-0.39, 0.29) is 23.8 Å². The Balaban J connectivity index is 1.99. The number of amides is 2. The minimum Gasteiger partial charge on any atom is -0.341 e. The Labute approximate surface area is 119 Å². The molecule has 2 heterocycles. The second-order valence-electron chi connectivity index (χ2n) is 5.99. The number of likely N-dealkylation sites (tertiary alicyclic amines) is 1. The third-order valence-electron chi connectivity index (χ3n) is 4.04. The van der Waals surface area contributed by atoms with Crippen LogP contribution in [0.3, 0.4) is 0 Å². The van der Waals surface area contributed by atoms with Crippen molar-refractivity contribution in [2.24, 2.45) is 11.8 Å². The summed E-state index contributed by atoms with van der Waals surface area (Å²) in [5, 5.41) is 0. The van der Waals surface area contributed by atoms with Crippen molar-refractivity contribution < 1.29 is 9.59 Å². The molecule has 0 radical (unpaired) electrons. The van der Waals surface area contributed by atoms with E-state index in [1.807, 2.05) is 18.7 Å². The normalized spacial score (nSPS) is 25.2. The van der Waals surface area contributed by atoms with Gasteiger partial charge in [-0.3, -0.25) is 9.59 Å². The molecular weight excluding hydrogens is 260 g/mol. The fourth-order valence-corrected chi connectivity index (χ4v) is 3.79. The van der Waals surface area contributed by atoms with Gasteiger partial charge in [-0.05, 0) is 18.8 Å².